The minimum atomic E-state index is -0.307. The number of carbonyl (C=O) groups excluding carboxylic acids is 1. The summed E-state index contributed by atoms with van der Waals surface area (Å²) in [7, 11) is 1.64. The summed E-state index contributed by atoms with van der Waals surface area (Å²) in [5.41, 5.74) is 0.996. The lowest BCUT2D eigenvalue weighted by atomic mass is 10.2. The molecule has 0 heterocycles. The predicted octanol–water partition coefficient (Wildman–Crippen LogP) is 3.16. The fourth-order valence-corrected chi connectivity index (χ4v) is 2.33. The predicted molar refractivity (Wildman–Crippen MR) is 89.5 cm³/mol. The summed E-state index contributed by atoms with van der Waals surface area (Å²) >= 11 is 4.24. The van der Waals surface area contributed by atoms with Gasteiger partial charge in [-0.15, -0.1) is 0 Å². The summed E-state index contributed by atoms with van der Waals surface area (Å²) in [4.78, 5) is 14.1. The van der Waals surface area contributed by atoms with Gasteiger partial charge in [0, 0.05) is 12.2 Å². The van der Waals surface area contributed by atoms with Crippen LogP contribution < -0.4 is 9.64 Å². The molecule has 1 aromatic carbocycles. The largest absolute Gasteiger partial charge is 0.497 e. The second kappa shape index (κ2) is 9.55. The number of hydrogen-bond acceptors (Lipinski definition) is 5. The molecule has 1 rings (SSSR count). The average molecular weight is 311 g/mol. The first-order chi connectivity index (χ1) is 10.1. The van der Waals surface area contributed by atoms with Gasteiger partial charge in [-0.25, -0.2) is 4.79 Å². The minimum absolute atomic E-state index is 0.195. The van der Waals surface area contributed by atoms with Crippen LogP contribution in [0.2, 0.25) is 0 Å². The van der Waals surface area contributed by atoms with E-state index in [1.165, 1.54) is 0 Å². The highest BCUT2D eigenvalue weighted by atomic mass is 32.1. The van der Waals surface area contributed by atoms with Gasteiger partial charge in [-0.3, -0.25) is 0 Å². The third-order valence-electron chi connectivity index (χ3n) is 3.31. The number of rotatable bonds is 9. The molecule has 5 heteroatoms. The molecular formula is C16H25NO3S. The Balaban J connectivity index is 2.86. The zero-order valence-electron chi connectivity index (χ0n) is 13.0. The van der Waals surface area contributed by atoms with Crippen molar-refractivity contribution in [2.75, 3.05) is 30.9 Å². The van der Waals surface area contributed by atoms with E-state index < -0.39 is 0 Å². The minimum Gasteiger partial charge on any atom is -0.497 e. The number of ether oxygens (including phenoxy) is 2. The molecule has 0 amide bonds. The van der Waals surface area contributed by atoms with Gasteiger partial charge in [0.2, 0.25) is 0 Å². The van der Waals surface area contributed by atoms with Gasteiger partial charge < -0.3 is 14.4 Å². The van der Waals surface area contributed by atoms with E-state index in [0.29, 0.717) is 6.61 Å². The molecule has 0 fully saturated rings. The summed E-state index contributed by atoms with van der Waals surface area (Å²) in [5.74, 6) is 1.46. The van der Waals surface area contributed by atoms with Crippen LogP contribution in [0.5, 0.6) is 5.75 Å². The second-order valence-electron chi connectivity index (χ2n) is 4.75. The summed E-state index contributed by atoms with van der Waals surface area (Å²) in [6.45, 7) is 4.90. The van der Waals surface area contributed by atoms with Crippen LogP contribution in [-0.4, -0.2) is 38.0 Å². The van der Waals surface area contributed by atoms with Gasteiger partial charge in [0.1, 0.15) is 11.8 Å². The van der Waals surface area contributed by atoms with Gasteiger partial charge >= 0.3 is 5.97 Å². The fourth-order valence-electron chi connectivity index (χ4n) is 2.10. The van der Waals surface area contributed by atoms with Crippen molar-refractivity contribution >= 4 is 24.3 Å². The van der Waals surface area contributed by atoms with Gasteiger partial charge in [0.25, 0.3) is 0 Å². The highest BCUT2D eigenvalue weighted by Gasteiger charge is 2.22. The molecule has 0 bridgehead atoms. The van der Waals surface area contributed by atoms with Gasteiger partial charge in [-0.1, -0.05) is 0 Å². The summed E-state index contributed by atoms with van der Waals surface area (Å²) in [6, 6.07) is 7.43. The Labute approximate surface area is 132 Å². The van der Waals surface area contributed by atoms with Crippen molar-refractivity contribution in [1.82, 2.24) is 0 Å². The van der Waals surface area contributed by atoms with E-state index in [2.05, 4.69) is 17.5 Å². The highest BCUT2D eigenvalue weighted by molar-refractivity contribution is 7.80. The summed E-state index contributed by atoms with van der Waals surface area (Å²) in [5, 5.41) is 0. The van der Waals surface area contributed by atoms with Crippen LogP contribution in [0.15, 0.2) is 24.3 Å². The first-order valence-electron chi connectivity index (χ1n) is 7.32. The van der Waals surface area contributed by atoms with Crippen molar-refractivity contribution < 1.29 is 14.3 Å². The molecule has 0 spiro atoms. The topological polar surface area (TPSA) is 38.8 Å². The number of thiol groups is 1. The maximum absolute atomic E-state index is 12.0. The molecule has 4 nitrogen and oxygen atoms in total. The fraction of sp³-hybridized carbons (Fsp3) is 0.562. The van der Waals surface area contributed by atoms with Gasteiger partial charge in [0.15, 0.2) is 0 Å². The van der Waals surface area contributed by atoms with Gasteiger partial charge in [-0.05, 0) is 56.7 Å². The Bertz CT molecular complexity index is 422. The number of unbranched alkanes of at least 4 members (excludes halogenated alkanes) is 1. The Hall–Kier alpha value is -1.36. The normalized spacial score (nSPS) is 11.8. The SMILES string of the molecule is CCOC(=O)[C@H](C)N(CCCCS)c1ccc(OC)cc1. The molecule has 0 N–H and O–H groups in total. The van der Waals surface area contributed by atoms with E-state index in [1.807, 2.05) is 38.1 Å². The molecule has 0 aliphatic heterocycles. The third-order valence-corrected chi connectivity index (χ3v) is 3.62. The van der Waals surface area contributed by atoms with Gasteiger partial charge in [-0.2, -0.15) is 12.6 Å². The van der Waals surface area contributed by atoms with Crippen molar-refractivity contribution in [3.63, 3.8) is 0 Å². The lowest BCUT2D eigenvalue weighted by molar-refractivity contribution is -0.144. The average Bonchev–Trinajstić information content (AvgIpc) is 2.51. The molecule has 1 aromatic rings. The first kappa shape index (κ1) is 17.7. The standard InChI is InChI=1S/C16H25NO3S/c1-4-20-16(18)13(2)17(11-5-6-12-21)14-7-9-15(19-3)10-8-14/h7-10,13,21H,4-6,11-12H2,1-3H3/t13-/m0/s1. The number of esters is 1. The molecular weight excluding hydrogens is 286 g/mol. The van der Waals surface area contributed by atoms with Crippen molar-refractivity contribution in [1.29, 1.82) is 0 Å². The van der Waals surface area contributed by atoms with E-state index in [0.717, 1.165) is 36.6 Å². The van der Waals surface area contributed by atoms with Crippen LogP contribution in [0.1, 0.15) is 26.7 Å². The molecule has 21 heavy (non-hydrogen) atoms. The number of carbonyl (C=O) groups is 1. The summed E-state index contributed by atoms with van der Waals surface area (Å²) in [6.07, 6.45) is 2.00. The number of methoxy groups -OCH3 is 1. The monoisotopic (exact) mass is 311 g/mol. The molecule has 118 valence electrons. The van der Waals surface area contributed by atoms with Crippen molar-refractivity contribution in [3.8, 4) is 5.75 Å². The zero-order chi connectivity index (χ0) is 15.7. The first-order valence-corrected chi connectivity index (χ1v) is 7.95. The number of hydrogen-bond donors (Lipinski definition) is 1. The highest BCUT2D eigenvalue weighted by Crippen LogP contribution is 2.22. The molecule has 0 aliphatic rings. The molecule has 0 aliphatic carbocycles. The second-order valence-corrected chi connectivity index (χ2v) is 5.20. The number of anilines is 1. The molecule has 1 atom stereocenters. The van der Waals surface area contributed by atoms with Crippen molar-refractivity contribution in [2.24, 2.45) is 0 Å². The number of benzene rings is 1. The van der Waals surface area contributed by atoms with E-state index in [9.17, 15) is 4.79 Å². The van der Waals surface area contributed by atoms with Crippen LogP contribution in [0, 0.1) is 0 Å². The lowest BCUT2D eigenvalue weighted by Crippen LogP contribution is -2.41. The molecule has 0 aromatic heterocycles. The number of nitrogens with zero attached hydrogens (tertiary/aromatic N) is 1. The van der Waals surface area contributed by atoms with E-state index in [4.69, 9.17) is 9.47 Å². The Kier molecular flexibility index (Phi) is 8.05. The zero-order valence-corrected chi connectivity index (χ0v) is 13.9. The maximum atomic E-state index is 12.0. The van der Waals surface area contributed by atoms with E-state index >= 15 is 0 Å². The molecule has 0 saturated heterocycles. The van der Waals surface area contributed by atoms with E-state index in [-0.39, 0.29) is 12.0 Å². The van der Waals surface area contributed by atoms with Crippen molar-refractivity contribution in [2.45, 2.75) is 32.7 Å². The van der Waals surface area contributed by atoms with E-state index in [1.54, 1.807) is 7.11 Å². The summed E-state index contributed by atoms with van der Waals surface area (Å²) < 4.78 is 10.3. The van der Waals surface area contributed by atoms with Crippen LogP contribution in [0.25, 0.3) is 0 Å². The third kappa shape index (κ3) is 5.50. The molecule has 0 radical (unpaired) electrons. The smallest absolute Gasteiger partial charge is 0.328 e. The van der Waals surface area contributed by atoms with Crippen LogP contribution in [0.3, 0.4) is 0 Å². The van der Waals surface area contributed by atoms with Gasteiger partial charge in [0.05, 0.1) is 13.7 Å². The van der Waals surface area contributed by atoms with Crippen molar-refractivity contribution in [3.05, 3.63) is 24.3 Å². The lowest BCUT2D eigenvalue weighted by Gasteiger charge is -2.30. The van der Waals surface area contributed by atoms with Crippen LogP contribution in [0.4, 0.5) is 5.69 Å². The molecule has 0 saturated carbocycles. The van der Waals surface area contributed by atoms with Crippen LogP contribution in [-0.2, 0) is 9.53 Å². The quantitative estimate of drug-likeness (QED) is 0.432. The molecule has 0 unspecified atom stereocenters. The Morgan fingerprint density at radius 3 is 2.48 bits per heavy atom. The Morgan fingerprint density at radius 1 is 1.29 bits per heavy atom. The maximum Gasteiger partial charge on any atom is 0.328 e. The Morgan fingerprint density at radius 2 is 1.95 bits per heavy atom. The van der Waals surface area contributed by atoms with Crippen LogP contribution >= 0.6 is 12.6 Å².